The van der Waals surface area contributed by atoms with Gasteiger partial charge in [0.15, 0.2) is 23.2 Å². The van der Waals surface area contributed by atoms with E-state index >= 15 is 4.39 Å². The van der Waals surface area contributed by atoms with Crippen LogP contribution in [0.3, 0.4) is 0 Å². The van der Waals surface area contributed by atoms with Crippen molar-refractivity contribution in [2.75, 3.05) is 0 Å². The number of halogens is 4. The van der Waals surface area contributed by atoms with Crippen molar-refractivity contribution in [3.05, 3.63) is 113 Å². The van der Waals surface area contributed by atoms with Gasteiger partial charge < -0.3 is 4.74 Å². The maximum Gasteiger partial charge on any atom is 0.200 e. The molecule has 0 N–H and O–H groups in total. The first-order chi connectivity index (χ1) is 18.4. The van der Waals surface area contributed by atoms with Crippen molar-refractivity contribution in [2.45, 2.75) is 59.0 Å². The van der Waals surface area contributed by atoms with Crippen LogP contribution in [0.4, 0.5) is 17.6 Å². The molecule has 4 aromatic rings. The van der Waals surface area contributed by atoms with Gasteiger partial charge in [-0.1, -0.05) is 99.8 Å². The van der Waals surface area contributed by atoms with E-state index in [-0.39, 0.29) is 23.5 Å². The first kappa shape index (κ1) is 27.4. The summed E-state index contributed by atoms with van der Waals surface area (Å²) in [5.74, 6) is -3.83. The van der Waals surface area contributed by atoms with Gasteiger partial charge in [-0.05, 0) is 53.1 Å². The number of hydrogen-bond donors (Lipinski definition) is 0. The summed E-state index contributed by atoms with van der Waals surface area (Å²) < 4.78 is 64.4. The molecule has 4 rings (SSSR count). The maximum atomic E-state index is 15.0. The molecular formula is C33H32F4O. The summed E-state index contributed by atoms with van der Waals surface area (Å²) in [7, 11) is 0. The van der Waals surface area contributed by atoms with Gasteiger partial charge in [-0.2, -0.15) is 4.39 Å². The molecule has 0 bridgehead atoms. The minimum Gasteiger partial charge on any atom is -0.486 e. The fraction of sp³-hybridized carbons (Fsp3) is 0.273. The van der Waals surface area contributed by atoms with Crippen molar-refractivity contribution in [1.82, 2.24) is 0 Å². The van der Waals surface area contributed by atoms with Crippen LogP contribution in [0.2, 0.25) is 0 Å². The highest BCUT2D eigenvalue weighted by Gasteiger charge is 2.17. The van der Waals surface area contributed by atoms with Crippen LogP contribution < -0.4 is 4.74 Å². The van der Waals surface area contributed by atoms with Crippen LogP contribution in [0.1, 0.15) is 56.2 Å². The summed E-state index contributed by atoms with van der Waals surface area (Å²) in [6.07, 6.45) is 5.21. The molecule has 0 saturated heterocycles. The molecule has 0 atom stereocenters. The first-order valence-corrected chi connectivity index (χ1v) is 13.2. The second kappa shape index (κ2) is 12.8. The molecule has 38 heavy (non-hydrogen) atoms. The predicted molar refractivity (Wildman–Crippen MR) is 145 cm³/mol. The summed E-state index contributed by atoms with van der Waals surface area (Å²) >= 11 is 0. The van der Waals surface area contributed by atoms with Crippen LogP contribution in [-0.4, -0.2) is 0 Å². The lowest BCUT2D eigenvalue weighted by Gasteiger charge is -2.12. The summed E-state index contributed by atoms with van der Waals surface area (Å²) in [5.41, 5.74) is 3.68. The second-order valence-corrected chi connectivity index (χ2v) is 9.53. The Labute approximate surface area is 222 Å². The SMILES string of the molecule is CCCCCc1ccc(OCc2ccc(-c3ccc(-c4ccc(CCC)cc4)c(F)c3F)cc2)c(F)c1F. The van der Waals surface area contributed by atoms with Crippen LogP contribution in [0, 0.1) is 23.3 Å². The van der Waals surface area contributed by atoms with Gasteiger partial charge in [0.2, 0.25) is 5.82 Å². The largest absolute Gasteiger partial charge is 0.486 e. The number of rotatable bonds is 11. The monoisotopic (exact) mass is 520 g/mol. The molecule has 0 aliphatic rings. The van der Waals surface area contributed by atoms with Crippen molar-refractivity contribution in [3.63, 3.8) is 0 Å². The van der Waals surface area contributed by atoms with Gasteiger partial charge in [0.25, 0.3) is 0 Å². The fourth-order valence-electron chi connectivity index (χ4n) is 4.52. The van der Waals surface area contributed by atoms with Gasteiger partial charge in [-0.25, -0.2) is 13.2 Å². The van der Waals surface area contributed by atoms with E-state index in [0.717, 1.165) is 37.7 Å². The number of unbranched alkanes of at least 4 members (excludes halogenated alkanes) is 2. The fourth-order valence-corrected chi connectivity index (χ4v) is 4.52. The zero-order chi connectivity index (χ0) is 27.1. The Balaban J connectivity index is 1.45. The number of aryl methyl sites for hydroxylation is 2. The third kappa shape index (κ3) is 6.27. The highest BCUT2D eigenvalue weighted by Crippen LogP contribution is 2.32. The molecule has 0 radical (unpaired) electrons. The Bertz CT molecular complexity index is 1360. The molecule has 1 nitrogen and oxygen atoms in total. The molecule has 0 heterocycles. The van der Waals surface area contributed by atoms with Crippen molar-refractivity contribution in [1.29, 1.82) is 0 Å². The smallest absolute Gasteiger partial charge is 0.200 e. The van der Waals surface area contributed by atoms with Crippen LogP contribution in [0.5, 0.6) is 5.75 Å². The number of hydrogen-bond acceptors (Lipinski definition) is 1. The van der Waals surface area contributed by atoms with E-state index < -0.39 is 23.3 Å². The number of benzene rings is 4. The minimum absolute atomic E-state index is 0.00955. The highest BCUT2D eigenvalue weighted by atomic mass is 19.2. The Morgan fingerprint density at radius 1 is 0.526 bits per heavy atom. The third-order valence-corrected chi connectivity index (χ3v) is 6.72. The molecule has 0 aliphatic carbocycles. The van der Waals surface area contributed by atoms with Gasteiger partial charge in [0.1, 0.15) is 6.61 Å². The third-order valence-electron chi connectivity index (χ3n) is 6.72. The predicted octanol–water partition coefficient (Wildman–Crippen LogP) is 9.84. The van der Waals surface area contributed by atoms with Crippen molar-refractivity contribution >= 4 is 0 Å². The molecule has 0 aliphatic heterocycles. The van der Waals surface area contributed by atoms with Gasteiger partial charge in [-0.3, -0.25) is 0 Å². The normalized spacial score (nSPS) is 11.1. The van der Waals surface area contributed by atoms with Gasteiger partial charge in [0.05, 0.1) is 0 Å². The van der Waals surface area contributed by atoms with E-state index in [1.807, 2.05) is 24.3 Å². The first-order valence-electron chi connectivity index (χ1n) is 13.2. The molecular weight excluding hydrogens is 488 g/mol. The highest BCUT2D eigenvalue weighted by molar-refractivity contribution is 5.72. The molecule has 0 saturated carbocycles. The van der Waals surface area contributed by atoms with Crippen molar-refractivity contribution in [3.8, 4) is 28.0 Å². The molecule has 5 heteroatoms. The Kier molecular flexibility index (Phi) is 9.22. The van der Waals surface area contributed by atoms with E-state index in [9.17, 15) is 13.2 Å². The molecule has 4 aromatic carbocycles. The maximum absolute atomic E-state index is 15.0. The molecule has 0 unspecified atom stereocenters. The van der Waals surface area contributed by atoms with Crippen LogP contribution in [0.25, 0.3) is 22.3 Å². The topological polar surface area (TPSA) is 9.23 Å². The molecule has 0 spiro atoms. The van der Waals surface area contributed by atoms with Crippen molar-refractivity contribution < 1.29 is 22.3 Å². The van der Waals surface area contributed by atoms with Gasteiger partial charge in [0, 0.05) is 11.1 Å². The van der Waals surface area contributed by atoms with Crippen LogP contribution >= 0.6 is 0 Å². The summed E-state index contributed by atoms with van der Waals surface area (Å²) in [5, 5.41) is 0. The van der Waals surface area contributed by atoms with E-state index in [2.05, 4.69) is 13.8 Å². The average Bonchev–Trinajstić information content (AvgIpc) is 2.93. The van der Waals surface area contributed by atoms with Gasteiger partial charge >= 0.3 is 0 Å². The summed E-state index contributed by atoms with van der Waals surface area (Å²) in [4.78, 5) is 0. The van der Waals surface area contributed by atoms with Crippen molar-refractivity contribution in [2.24, 2.45) is 0 Å². The lowest BCUT2D eigenvalue weighted by Crippen LogP contribution is -2.02. The quantitative estimate of drug-likeness (QED) is 0.141. The summed E-state index contributed by atoms with van der Waals surface area (Å²) in [6.45, 7) is 4.16. The minimum atomic E-state index is -0.992. The molecule has 0 fully saturated rings. The zero-order valence-electron chi connectivity index (χ0n) is 21.8. The van der Waals surface area contributed by atoms with E-state index in [4.69, 9.17) is 4.74 Å². The standard InChI is InChI=1S/C33H32F4O/c1-3-5-6-8-26-17-20-29(33(37)30(26)34)38-21-23-11-15-25(16-12-23)28-19-18-27(31(35)32(28)36)24-13-9-22(7-4-2)10-14-24/h9-20H,3-8,21H2,1-2H3. The second-order valence-electron chi connectivity index (χ2n) is 9.53. The Morgan fingerprint density at radius 2 is 1.11 bits per heavy atom. The zero-order valence-corrected chi connectivity index (χ0v) is 21.8. The van der Waals surface area contributed by atoms with Crippen LogP contribution in [-0.2, 0) is 19.4 Å². The average molecular weight is 521 g/mol. The molecule has 0 aromatic heterocycles. The van der Waals surface area contributed by atoms with E-state index in [1.165, 1.54) is 6.07 Å². The molecule has 0 amide bonds. The Hall–Kier alpha value is -3.60. The molecule has 198 valence electrons. The lowest BCUT2D eigenvalue weighted by molar-refractivity contribution is 0.284. The van der Waals surface area contributed by atoms with Gasteiger partial charge in [-0.15, -0.1) is 0 Å². The van der Waals surface area contributed by atoms with Crippen LogP contribution in [0.15, 0.2) is 72.8 Å². The number of ether oxygens (including phenoxy) is 1. The summed E-state index contributed by atoms with van der Waals surface area (Å²) in [6, 6.07) is 20.4. The van der Waals surface area contributed by atoms with E-state index in [0.29, 0.717) is 28.7 Å². The Morgan fingerprint density at radius 3 is 1.66 bits per heavy atom. The van der Waals surface area contributed by atoms with E-state index in [1.54, 1.807) is 42.5 Å². The lowest BCUT2D eigenvalue weighted by atomic mass is 9.97.